The first-order valence-electron chi connectivity index (χ1n) is 6.15. The monoisotopic (exact) mass is 268 g/mol. The Bertz CT molecular complexity index is 436. The van der Waals surface area contributed by atoms with E-state index in [1.54, 1.807) is 0 Å². The minimum absolute atomic E-state index is 0.0489. The van der Waals surface area contributed by atoms with Gasteiger partial charge in [-0.1, -0.05) is 25.3 Å². The van der Waals surface area contributed by atoms with Gasteiger partial charge in [0.05, 0.1) is 17.2 Å². The molecule has 1 unspecified atom stereocenters. The smallest absolute Gasteiger partial charge is 0.116 e. The van der Waals surface area contributed by atoms with Crippen molar-refractivity contribution in [3.8, 4) is 0 Å². The van der Waals surface area contributed by atoms with Gasteiger partial charge in [-0.25, -0.2) is 5.43 Å². The van der Waals surface area contributed by atoms with Crippen molar-refractivity contribution in [1.29, 1.82) is 0 Å². The molecule has 0 aromatic carbocycles. The second-order valence-corrected chi connectivity index (χ2v) is 6.22. The molecule has 1 aromatic rings. The van der Waals surface area contributed by atoms with Gasteiger partial charge < -0.3 is 4.74 Å². The second-order valence-electron chi connectivity index (χ2n) is 5.43. The standard InChI is InChI=1S/C12H20N4OS/c1-12(2,3)11-10(18-16-15-11)9(14-13)8-6-4-5-7-17-8/h6,9,14H,4-5,7,13H2,1-3H3. The van der Waals surface area contributed by atoms with Crippen molar-refractivity contribution in [2.75, 3.05) is 6.61 Å². The van der Waals surface area contributed by atoms with Gasteiger partial charge in [0.2, 0.25) is 0 Å². The van der Waals surface area contributed by atoms with Gasteiger partial charge in [0, 0.05) is 5.41 Å². The van der Waals surface area contributed by atoms with E-state index in [2.05, 4.69) is 41.9 Å². The first kappa shape index (κ1) is 13.5. The van der Waals surface area contributed by atoms with E-state index in [9.17, 15) is 0 Å². The maximum Gasteiger partial charge on any atom is 0.116 e. The molecule has 100 valence electrons. The molecule has 3 N–H and O–H groups in total. The summed E-state index contributed by atoms with van der Waals surface area (Å²) in [6.07, 6.45) is 4.19. The zero-order valence-electron chi connectivity index (χ0n) is 11.1. The Morgan fingerprint density at radius 3 is 2.83 bits per heavy atom. The number of allylic oxidation sites excluding steroid dienone is 1. The molecule has 1 aliphatic heterocycles. The van der Waals surface area contributed by atoms with E-state index in [1.807, 2.05) is 0 Å². The zero-order valence-corrected chi connectivity index (χ0v) is 11.9. The topological polar surface area (TPSA) is 73.1 Å². The minimum atomic E-state index is -0.139. The van der Waals surface area contributed by atoms with Crippen LogP contribution in [0.1, 0.15) is 50.2 Å². The first-order chi connectivity index (χ1) is 8.54. The van der Waals surface area contributed by atoms with Crippen LogP contribution in [0.15, 0.2) is 11.8 Å². The lowest BCUT2D eigenvalue weighted by Crippen LogP contribution is -2.32. The lowest BCUT2D eigenvalue weighted by Gasteiger charge is -2.25. The predicted octanol–water partition coefficient (Wildman–Crippen LogP) is 2.03. The summed E-state index contributed by atoms with van der Waals surface area (Å²) in [5.41, 5.74) is 3.75. The third kappa shape index (κ3) is 2.71. The van der Waals surface area contributed by atoms with E-state index in [0.29, 0.717) is 0 Å². The molecule has 0 saturated carbocycles. The van der Waals surface area contributed by atoms with Crippen molar-refractivity contribution in [2.24, 2.45) is 5.84 Å². The SMILES string of the molecule is CC(C)(C)c1nnsc1C(NN)C1=CCCCO1. The largest absolute Gasteiger partial charge is 0.496 e. The maximum absolute atomic E-state index is 5.69. The van der Waals surface area contributed by atoms with Crippen LogP contribution in [-0.2, 0) is 10.2 Å². The highest BCUT2D eigenvalue weighted by Gasteiger charge is 2.30. The van der Waals surface area contributed by atoms with Crippen LogP contribution >= 0.6 is 11.5 Å². The summed E-state index contributed by atoms with van der Waals surface area (Å²) < 4.78 is 9.76. The Morgan fingerprint density at radius 2 is 2.28 bits per heavy atom. The average Bonchev–Trinajstić information content (AvgIpc) is 2.80. The van der Waals surface area contributed by atoms with Gasteiger partial charge in [0.25, 0.3) is 0 Å². The number of hydrogen-bond donors (Lipinski definition) is 2. The van der Waals surface area contributed by atoms with Gasteiger partial charge in [-0.3, -0.25) is 5.84 Å². The number of hydrogen-bond acceptors (Lipinski definition) is 6. The van der Waals surface area contributed by atoms with Crippen LogP contribution in [0.4, 0.5) is 0 Å². The van der Waals surface area contributed by atoms with Crippen LogP contribution < -0.4 is 11.3 Å². The Balaban J connectivity index is 2.33. The fourth-order valence-electron chi connectivity index (χ4n) is 1.97. The van der Waals surface area contributed by atoms with Gasteiger partial charge in [0.15, 0.2) is 0 Å². The van der Waals surface area contributed by atoms with Gasteiger partial charge >= 0.3 is 0 Å². The lowest BCUT2D eigenvalue weighted by atomic mass is 9.89. The Kier molecular flexibility index (Phi) is 3.99. The van der Waals surface area contributed by atoms with E-state index >= 15 is 0 Å². The Hall–Kier alpha value is -0.980. The highest BCUT2D eigenvalue weighted by atomic mass is 32.1. The number of nitrogens with zero attached hydrogens (tertiary/aromatic N) is 2. The highest BCUT2D eigenvalue weighted by Crippen LogP contribution is 2.34. The number of nitrogens with one attached hydrogen (secondary N) is 1. The summed E-state index contributed by atoms with van der Waals surface area (Å²) in [5, 5.41) is 4.24. The van der Waals surface area contributed by atoms with Crippen molar-refractivity contribution in [3.05, 3.63) is 22.4 Å². The maximum atomic E-state index is 5.69. The van der Waals surface area contributed by atoms with E-state index in [-0.39, 0.29) is 11.5 Å². The minimum Gasteiger partial charge on any atom is -0.496 e. The molecule has 0 fully saturated rings. The third-order valence-electron chi connectivity index (χ3n) is 2.90. The van der Waals surface area contributed by atoms with Crippen molar-refractivity contribution < 1.29 is 4.74 Å². The zero-order chi connectivity index (χ0) is 13.2. The number of rotatable bonds is 3. The average molecular weight is 268 g/mol. The van der Waals surface area contributed by atoms with Gasteiger partial charge in [-0.15, -0.1) is 5.10 Å². The molecule has 0 bridgehead atoms. The molecular formula is C12H20N4OS. The Labute approximate surface area is 112 Å². The number of aromatic nitrogens is 2. The van der Waals surface area contributed by atoms with Crippen molar-refractivity contribution >= 4 is 11.5 Å². The van der Waals surface area contributed by atoms with Crippen molar-refractivity contribution in [1.82, 2.24) is 15.0 Å². The van der Waals surface area contributed by atoms with Crippen molar-refractivity contribution in [2.45, 2.75) is 45.1 Å². The van der Waals surface area contributed by atoms with Crippen LogP contribution in [0, 0.1) is 0 Å². The van der Waals surface area contributed by atoms with E-state index in [0.717, 1.165) is 35.8 Å². The summed E-state index contributed by atoms with van der Waals surface area (Å²) in [6, 6.07) is -0.139. The molecule has 1 atom stereocenters. The normalized spacial score (nSPS) is 18.1. The van der Waals surface area contributed by atoms with Gasteiger partial charge in [-0.2, -0.15) is 0 Å². The van der Waals surface area contributed by atoms with E-state index in [4.69, 9.17) is 10.6 Å². The molecule has 6 heteroatoms. The molecule has 18 heavy (non-hydrogen) atoms. The summed E-state index contributed by atoms with van der Waals surface area (Å²) >= 11 is 1.38. The highest BCUT2D eigenvalue weighted by molar-refractivity contribution is 7.05. The number of hydrazine groups is 1. The van der Waals surface area contributed by atoms with Crippen LogP contribution in [0.2, 0.25) is 0 Å². The fraction of sp³-hybridized carbons (Fsp3) is 0.667. The first-order valence-corrected chi connectivity index (χ1v) is 6.93. The second kappa shape index (κ2) is 5.34. The van der Waals surface area contributed by atoms with Crippen molar-refractivity contribution in [3.63, 3.8) is 0 Å². The van der Waals surface area contributed by atoms with E-state index in [1.165, 1.54) is 11.5 Å². The molecule has 0 aliphatic carbocycles. The van der Waals surface area contributed by atoms with Crippen LogP contribution in [0.25, 0.3) is 0 Å². The predicted molar refractivity (Wildman–Crippen MR) is 71.9 cm³/mol. The van der Waals surface area contributed by atoms with Gasteiger partial charge in [-0.05, 0) is 30.5 Å². The molecule has 5 nitrogen and oxygen atoms in total. The Morgan fingerprint density at radius 1 is 1.50 bits per heavy atom. The summed E-state index contributed by atoms with van der Waals surface area (Å²) in [7, 11) is 0. The molecule has 0 saturated heterocycles. The van der Waals surface area contributed by atoms with E-state index < -0.39 is 0 Å². The molecule has 1 aliphatic rings. The lowest BCUT2D eigenvalue weighted by molar-refractivity contribution is 0.168. The molecular weight excluding hydrogens is 248 g/mol. The molecule has 0 amide bonds. The van der Waals surface area contributed by atoms with Crippen LogP contribution in [0.5, 0.6) is 0 Å². The molecule has 2 rings (SSSR count). The third-order valence-corrected chi connectivity index (χ3v) is 3.69. The summed E-state index contributed by atoms with van der Waals surface area (Å²) in [5.74, 6) is 6.58. The van der Waals surface area contributed by atoms with Crippen LogP contribution in [0.3, 0.4) is 0 Å². The molecule has 2 heterocycles. The van der Waals surface area contributed by atoms with Crippen LogP contribution in [-0.4, -0.2) is 16.2 Å². The quantitative estimate of drug-likeness (QED) is 0.648. The fourth-order valence-corrected chi connectivity index (χ4v) is 2.91. The molecule has 0 radical (unpaired) electrons. The number of nitrogens with two attached hydrogens (primary N) is 1. The summed E-state index contributed by atoms with van der Waals surface area (Å²) in [4.78, 5) is 1.04. The van der Waals surface area contributed by atoms with Gasteiger partial charge in [0.1, 0.15) is 11.8 Å². The summed E-state index contributed by atoms with van der Waals surface area (Å²) in [6.45, 7) is 7.12. The number of ether oxygens (including phenoxy) is 1. The molecule has 1 aromatic heterocycles. The molecule has 0 spiro atoms.